The Kier molecular flexibility index (Phi) is 11.6. The van der Waals surface area contributed by atoms with Gasteiger partial charge in [-0.25, -0.2) is 0 Å². The van der Waals surface area contributed by atoms with Gasteiger partial charge in [0.1, 0.15) is 6.04 Å². The Morgan fingerprint density at radius 3 is 1.46 bits per heavy atom. The first kappa shape index (κ1) is 23.4. The van der Waals surface area contributed by atoms with Crippen molar-refractivity contribution >= 4 is 5.97 Å². The summed E-state index contributed by atoms with van der Waals surface area (Å²) in [4.78, 5) is 11.9. The summed E-state index contributed by atoms with van der Waals surface area (Å²) in [5.74, 6) is -0.831. The number of hydrogen-bond donors (Lipinski definition) is 2. The SMILES string of the molecule is CCCCC(CCCC)(CCCC)C(C)(CCCC)[C@H](N)C(=O)O. The quantitative estimate of drug-likeness (QED) is 0.375. The van der Waals surface area contributed by atoms with Gasteiger partial charge in [-0.2, -0.15) is 0 Å². The van der Waals surface area contributed by atoms with Crippen LogP contribution in [0.15, 0.2) is 0 Å². The average Bonchev–Trinajstić information content (AvgIpc) is 2.58. The molecule has 0 aliphatic rings. The minimum Gasteiger partial charge on any atom is -0.480 e. The van der Waals surface area contributed by atoms with Gasteiger partial charge in [0, 0.05) is 0 Å². The lowest BCUT2D eigenvalue weighted by molar-refractivity contribution is -0.146. The molecule has 0 aromatic rings. The summed E-state index contributed by atoms with van der Waals surface area (Å²) in [6.07, 6.45) is 13.4. The van der Waals surface area contributed by atoms with E-state index in [2.05, 4.69) is 34.6 Å². The Labute approximate surface area is 150 Å². The smallest absolute Gasteiger partial charge is 0.321 e. The molecule has 0 saturated heterocycles. The van der Waals surface area contributed by atoms with Crippen molar-refractivity contribution in [2.75, 3.05) is 0 Å². The lowest BCUT2D eigenvalue weighted by atomic mass is 9.53. The van der Waals surface area contributed by atoms with E-state index in [1.54, 1.807) is 0 Å². The maximum Gasteiger partial charge on any atom is 0.321 e. The molecule has 0 spiro atoms. The van der Waals surface area contributed by atoms with Crippen LogP contribution >= 0.6 is 0 Å². The molecule has 1 unspecified atom stereocenters. The molecule has 0 rings (SSSR count). The minimum absolute atomic E-state index is 0.0575. The van der Waals surface area contributed by atoms with Gasteiger partial charge >= 0.3 is 5.97 Å². The van der Waals surface area contributed by atoms with E-state index in [0.717, 1.165) is 57.8 Å². The number of nitrogens with two attached hydrogens (primary N) is 1. The summed E-state index contributed by atoms with van der Waals surface area (Å²) in [5, 5.41) is 9.73. The van der Waals surface area contributed by atoms with Crippen LogP contribution in [0.1, 0.15) is 112 Å². The van der Waals surface area contributed by atoms with Gasteiger partial charge in [-0.05, 0) is 36.5 Å². The normalized spacial score (nSPS) is 15.9. The van der Waals surface area contributed by atoms with Crippen LogP contribution in [0.5, 0.6) is 0 Å². The topological polar surface area (TPSA) is 63.3 Å². The molecule has 0 heterocycles. The van der Waals surface area contributed by atoms with Gasteiger partial charge in [-0.1, -0.05) is 86.0 Å². The molecule has 2 atom stereocenters. The Bertz CT molecular complexity index is 321. The molecule has 24 heavy (non-hydrogen) atoms. The van der Waals surface area contributed by atoms with Crippen molar-refractivity contribution in [3.63, 3.8) is 0 Å². The molecule has 3 N–H and O–H groups in total. The van der Waals surface area contributed by atoms with Gasteiger partial charge in [0.15, 0.2) is 0 Å². The highest BCUT2D eigenvalue weighted by Crippen LogP contribution is 2.55. The number of hydrogen-bond acceptors (Lipinski definition) is 2. The van der Waals surface area contributed by atoms with E-state index in [1.807, 2.05) is 0 Å². The van der Waals surface area contributed by atoms with Gasteiger partial charge in [-0.3, -0.25) is 4.79 Å². The van der Waals surface area contributed by atoms with E-state index in [1.165, 1.54) is 19.3 Å². The largest absolute Gasteiger partial charge is 0.480 e. The molecular weight excluding hydrogens is 298 g/mol. The van der Waals surface area contributed by atoms with Gasteiger partial charge < -0.3 is 10.8 Å². The summed E-state index contributed by atoms with van der Waals surface area (Å²) in [7, 11) is 0. The molecule has 0 aliphatic heterocycles. The highest BCUT2D eigenvalue weighted by atomic mass is 16.4. The molecule has 0 amide bonds. The lowest BCUT2D eigenvalue weighted by Gasteiger charge is -2.52. The fourth-order valence-corrected chi connectivity index (χ4v) is 4.34. The fraction of sp³-hybridized carbons (Fsp3) is 0.952. The number of carboxylic acids is 1. The predicted octanol–water partition coefficient (Wildman–Crippen LogP) is 6.15. The molecule has 0 radical (unpaired) electrons. The number of carbonyl (C=O) groups is 1. The zero-order valence-corrected chi connectivity index (χ0v) is 17.0. The second-order valence-corrected chi connectivity index (χ2v) is 7.93. The number of rotatable bonds is 15. The highest BCUT2D eigenvalue weighted by molar-refractivity contribution is 5.74. The average molecular weight is 342 g/mol. The maximum atomic E-state index is 11.9. The molecule has 144 valence electrons. The van der Waals surface area contributed by atoms with E-state index < -0.39 is 12.0 Å². The van der Waals surface area contributed by atoms with Crippen molar-refractivity contribution in [3.8, 4) is 0 Å². The van der Waals surface area contributed by atoms with Crippen molar-refractivity contribution in [1.82, 2.24) is 0 Å². The van der Waals surface area contributed by atoms with Crippen molar-refractivity contribution < 1.29 is 9.90 Å². The molecule has 3 heteroatoms. The summed E-state index contributed by atoms with van der Waals surface area (Å²) in [6, 6.07) is -0.769. The van der Waals surface area contributed by atoms with E-state index in [9.17, 15) is 9.90 Å². The lowest BCUT2D eigenvalue weighted by Crippen LogP contribution is -2.55. The summed E-state index contributed by atoms with van der Waals surface area (Å²) >= 11 is 0. The first-order valence-corrected chi connectivity index (χ1v) is 10.3. The Balaban J connectivity index is 5.90. The van der Waals surface area contributed by atoms with Crippen molar-refractivity contribution in [2.24, 2.45) is 16.6 Å². The molecule has 0 aliphatic carbocycles. The molecule has 3 nitrogen and oxygen atoms in total. The van der Waals surface area contributed by atoms with Crippen LogP contribution < -0.4 is 5.73 Å². The zero-order chi connectivity index (χ0) is 18.6. The van der Waals surface area contributed by atoms with Crippen LogP contribution in [-0.4, -0.2) is 17.1 Å². The Morgan fingerprint density at radius 2 is 1.17 bits per heavy atom. The maximum absolute atomic E-state index is 11.9. The standard InChI is InChI=1S/C21H43NO2/c1-6-10-14-20(5,18(22)19(23)24)21(15-11-7-2,16-12-8-3)17-13-9-4/h18H,6-17,22H2,1-5H3,(H,23,24)/t18-,20?/m1/s1. The number of carboxylic acid groups (broad SMARTS) is 1. The predicted molar refractivity (Wildman–Crippen MR) is 104 cm³/mol. The van der Waals surface area contributed by atoms with E-state index in [4.69, 9.17) is 5.73 Å². The Hall–Kier alpha value is -0.570. The summed E-state index contributed by atoms with van der Waals surface area (Å²) < 4.78 is 0. The second kappa shape index (κ2) is 11.9. The monoisotopic (exact) mass is 341 g/mol. The third-order valence-electron chi connectivity index (χ3n) is 6.24. The molecule has 0 fully saturated rings. The van der Waals surface area contributed by atoms with Crippen LogP contribution in [0.2, 0.25) is 0 Å². The van der Waals surface area contributed by atoms with Crippen LogP contribution in [-0.2, 0) is 4.79 Å². The van der Waals surface area contributed by atoms with Crippen molar-refractivity contribution in [2.45, 2.75) is 118 Å². The van der Waals surface area contributed by atoms with Crippen molar-refractivity contribution in [1.29, 1.82) is 0 Å². The van der Waals surface area contributed by atoms with Gasteiger partial charge in [0.05, 0.1) is 0 Å². The summed E-state index contributed by atoms with van der Waals surface area (Å²) in [5.41, 5.74) is 6.07. The van der Waals surface area contributed by atoms with Gasteiger partial charge in [-0.15, -0.1) is 0 Å². The number of aliphatic carboxylic acids is 1. The molecule has 0 aromatic carbocycles. The first-order chi connectivity index (χ1) is 11.3. The van der Waals surface area contributed by atoms with Crippen LogP contribution in [0, 0.1) is 10.8 Å². The van der Waals surface area contributed by atoms with Crippen LogP contribution in [0.25, 0.3) is 0 Å². The third kappa shape index (κ3) is 6.06. The van der Waals surface area contributed by atoms with Crippen LogP contribution in [0.4, 0.5) is 0 Å². The van der Waals surface area contributed by atoms with Gasteiger partial charge in [0.2, 0.25) is 0 Å². The van der Waals surface area contributed by atoms with E-state index >= 15 is 0 Å². The first-order valence-electron chi connectivity index (χ1n) is 10.3. The van der Waals surface area contributed by atoms with Crippen molar-refractivity contribution in [3.05, 3.63) is 0 Å². The van der Waals surface area contributed by atoms with Gasteiger partial charge in [0.25, 0.3) is 0 Å². The second-order valence-electron chi connectivity index (χ2n) is 7.93. The molecule has 0 aromatic heterocycles. The van der Waals surface area contributed by atoms with E-state index in [-0.39, 0.29) is 10.8 Å². The fourth-order valence-electron chi connectivity index (χ4n) is 4.34. The third-order valence-corrected chi connectivity index (χ3v) is 6.24. The number of unbranched alkanes of at least 4 members (excludes halogenated alkanes) is 4. The highest BCUT2D eigenvalue weighted by Gasteiger charge is 2.51. The summed E-state index contributed by atoms with van der Waals surface area (Å²) in [6.45, 7) is 11.0. The Morgan fingerprint density at radius 1 is 0.833 bits per heavy atom. The molecule has 0 saturated carbocycles. The zero-order valence-electron chi connectivity index (χ0n) is 17.0. The molecular formula is C21H43NO2. The van der Waals surface area contributed by atoms with Crippen LogP contribution in [0.3, 0.4) is 0 Å². The molecule has 0 bridgehead atoms. The van der Waals surface area contributed by atoms with E-state index in [0.29, 0.717) is 0 Å². The minimum atomic E-state index is -0.831.